The van der Waals surface area contributed by atoms with Gasteiger partial charge in [0.2, 0.25) is 0 Å². The molecule has 6 heavy (non-hydrogen) atoms. The van der Waals surface area contributed by atoms with Crippen molar-refractivity contribution in [2.75, 3.05) is 0 Å². The van der Waals surface area contributed by atoms with Gasteiger partial charge in [-0.05, 0) is 0 Å². The van der Waals surface area contributed by atoms with Crippen molar-refractivity contribution in [2.45, 2.75) is 0 Å². The Bertz CT molecular complexity index is 23.0. The van der Waals surface area contributed by atoms with Crippen LogP contribution in [0.4, 0.5) is 0 Å². The average Bonchev–Trinajstić information content (AvgIpc) is 0.722. The fourth-order valence-corrected chi connectivity index (χ4v) is 0. The van der Waals surface area contributed by atoms with E-state index in [9.17, 15) is 0 Å². The largest absolute Gasteiger partial charge is 0.316 e. The van der Waals surface area contributed by atoms with E-state index < -0.39 is 15.5 Å². The molecular weight excluding hydrogens is 257 g/mol. The molecule has 6 heteroatoms. The predicted octanol–water partition coefficient (Wildman–Crippen LogP) is 1.84. The van der Waals surface area contributed by atoms with Crippen LogP contribution in [-0.4, -0.2) is 23.1 Å². The summed E-state index contributed by atoms with van der Waals surface area (Å²) in [6.45, 7) is 0. The molecule has 0 aromatic rings. The first kappa shape index (κ1) is 11.6. The fourth-order valence-electron chi connectivity index (χ4n) is 0. The Kier molecular flexibility index (Phi) is 9.01. The van der Waals surface area contributed by atoms with Crippen molar-refractivity contribution in [3.63, 3.8) is 0 Å². The summed E-state index contributed by atoms with van der Waals surface area (Å²) in [5.41, 5.74) is 0. The summed E-state index contributed by atoms with van der Waals surface area (Å²) in [6, 6.07) is 0. The molecule has 0 atom stereocenters. The summed E-state index contributed by atoms with van der Waals surface area (Å²) in [4.78, 5) is 0. The third kappa shape index (κ3) is 29.1. The smallest absolute Gasteiger partial charge is 0.316 e. The van der Waals surface area contributed by atoms with Crippen LogP contribution in [0.15, 0.2) is 0 Å². The van der Waals surface area contributed by atoms with E-state index in [2.05, 4.69) is 0 Å². The molecule has 0 unspecified atom stereocenters. The van der Waals surface area contributed by atoms with Crippen molar-refractivity contribution in [2.24, 2.45) is 0 Å². The van der Waals surface area contributed by atoms with E-state index in [1.54, 1.807) is 0 Å². The SMILES string of the molecule is [Cl][Zr]([Cl])([Cl])[Cl].[MgH2]. The van der Waals surface area contributed by atoms with Crippen LogP contribution in [0.25, 0.3) is 0 Å². The molecule has 0 aromatic carbocycles. The zero-order valence-corrected chi connectivity index (χ0v) is 7.49. The van der Waals surface area contributed by atoms with Crippen LogP contribution >= 0.6 is 34.1 Å². The molecule has 0 fully saturated rings. The molecule has 0 aliphatic rings. The van der Waals surface area contributed by atoms with Crippen molar-refractivity contribution in [3.05, 3.63) is 0 Å². The van der Waals surface area contributed by atoms with Crippen LogP contribution in [0, 0.1) is 0 Å². The van der Waals surface area contributed by atoms with Gasteiger partial charge < -0.3 is 0 Å². The summed E-state index contributed by atoms with van der Waals surface area (Å²) in [7, 11) is 20.1. The minimum Gasteiger partial charge on any atom is 0.316 e. The Hall–Kier alpha value is 2.81. The van der Waals surface area contributed by atoms with E-state index in [-0.39, 0.29) is 23.1 Å². The molecule has 36 valence electrons. The molecule has 0 nitrogen and oxygen atoms in total. The van der Waals surface area contributed by atoms with Gasteiger partial charge in [-0.2, -0.15) is 0 Å². The van der Waals surface area contributed by atoms with E-state index in [4.69, 9.17) is 34.1 Å². The molecule has 0 rings (SSSR count). The number of halogens is 4. The first-order chi connectivity index (χ1) is 2.00. The Balaban J connectivity index is 0. The summed E-state index contributed by atoms with van der Waals surface area (Å²) >= 11 is -3.29. The van der Waals surface area contributed by atoms with Gasteiger partial charge in [0.25, 0.3) is 0 Å². The Morgan fingerprint density at radius 1 is 0.833 bits per heavy atom. The first-order valence-electron chi connectivity index (χ1n) is 0.756. The molecule has 0 aromatic heterocycles. The van der Waals surface area contributed by atoms with Gasteiger partial charge in [-0.15, -0.1) is 0 Å². The number of hydrogen-bond donors (Lipinski definition) is 0. The monoisotopic (exact) mass is 256 g/mol. The van der Waals surface area contributed by atoms with Gasteiger partial charge in [0.05, 0.1) is 0 Å². The van der Waals surface area contributed by atoms with Gasteiger partial charge in [0.15, 0.2) is 0 Å². The maximum absolute atomic E-state index is 5.04. The Morgan fingerprint density at radius 2 is 0.833 bits per heavy atom. The van der Waals surface area contributed by atoms with E-state index in [1.165, 1.54) is 0 Å². The van der Waals surface area contributed by atoms with Gasteiger partial charge in [0.1, 0.15) is 0 Å². The standard InChI is InChI=1S/4ClH.Mg.Zr.2H/h4*1H;;;;/q;;;;;+4;;/p-4. The van der Waals surface area contributed by atoms with E-state index in [1.807, 2.05) is 0 Å². The molecule has 0 saturated carbocycles. The molecule has 0 radical (unpaired) electrons. The number of rotatable bonds is 0. The molecule has 0 amide bonds. The molecule has 0 N–H and O–H groups in total. The third-order valence-corrected chi connectivity index (χ3v) is 0. The zero-order valence-electron chi connectivity index (χ0n) is 2.01. The van der Waals surface area contributed by atoms with Crippen molar-refractivity contribution in [1.82, 2.24) is 0 Å². The topological polar surface area (TPSA) is 0 Å². The van der Waals surface area contributed by atoms with Crippen molar-refractivity contribution >= 4 is 57.1 Å². The van der Waals surface area contributed by atoms with Crippen LogP contribution in [-0.2, 0) is 15.5 Å². The summed E-state index contributed by atoms with van der Waals surface area (Å²) in [5, 5.41) is 0. The molecule has 0 aliphatic heterocycles. The molecule has 0 heterocycles. The molecular formula is H2Cl4MgZr. The maximum atomic E-state index is 5.04. The van der Waals surface area contributed by atoms with Crippen molar-refractivity contribution < 1.29 is 15.5 Å². The van der Waals surface area contributed by atoms with Crippen LogP contribution in [0.5, 0.6) is 0 Å². The first-order valence-corrected chi connectivity index (χ1v) is 13.4. The maximum Gasteiger partial charge on any atom is 0.316 e. The number of hydrogen-bond acceptors (Lipinski definition) is 0. The van der Waals surface area contributed by atoms with Crippen molar-refractivity contribution in [3.8, 4) is 0 Å². The summed E-state index contributed by atoms with van der Waals surface area (Å²) < 4.78 is 0. The summed E-state index contributed by atoms with van der Waals surface area (Å²) in [5.74, 6) is 0. The predicted molar refractivity (Wildman–Crippen MR) is 32.0 cm³/mol. The fraction of sp³-hybridized carbons (Fsp3) is 0. The second kappa shape index (κ2) is 4.67. The average molecular weight is 259 g/mol. The Labute approximate surface area is 71.2 Å². The molecule has 0 spiro atoms. The normalized spacial score (nSPS) is 10.0. The molecule has 0 bridgehead atoms. The second-order valence-electron chi connectivity index (χ2n) is 0.429. The van der Waals surface area contributed by atoms with Gasteiger partial charge in [0, 0.05) is 0 Å². The van der Waals surface area contributed by atoms with Gasteiger partial charge in [-0.1, -0.05) is 0 Å². The molecule has 0 saturated heterocycles. The van der Waals surface area contributed by atoms with Crippen LogP contribution in [0.1, 0.15) is 0 Å². The second-order valence-corrected chi connectivity index (χ2v) is 22.8. The zero-order chi connectivity index (χ0) is 4.50. The van der Waals surface area contributed by atoms with E-state index in [0.29, 0.717) is 0 Å². The van der Waals surface area contributed by atoms with Gasteiger partial charge in [-0.25, -0.2) is 0 Å². The third-order valence-electron chi connectivity index (χ3n) is 0. The summed E-state index contributed by atoms with van der Waals surface area (Å²) in [6.07, 6.45) is 0. The minimum atomic E-state index is -3.29. The quantitative estimate of drug-likeness (QED) is 0.582. The van der Waals surface area contributed by atoms with Crippen molar-refractivity contribution in [1.29, 1.82) is 0 Å². The van der Waals surface area contributed by atoms with E-state index >= 15 is 0 Å². The molecule has 0 aliphatic carbocycles. The van der Waals surface area contributed by atoms with E-state index in [0.717, 1.165) is 0 Å². The van der Waals surface area contributed by atoms with Gasteiger partial charge >= 0.3 is 72.6 Å². The van der Waals surface area contributed by atoms with Crippen LogP contribution in [0.2, 0.25) is 0 Å². The minimum absolute atomic E-state index is 0. The Morgan fingerprint density at radius 3 is 0.833 bits per heavy atom. The van der Waals surface area contributed by atoms with Gasteiger partial charge in [-0.3, -0.25) is 0 Å². The van der Waals surface area contributed by atoms with Crippen LogP contribution < -0.4 is 0 Å². The van der Waals surface area contributed by atoms with Crippen LogP contribution in [0.3, 0.4) is 0 Å².